The summed E-state index contributed by atoms with van der Waals surface area (Å²) in [6, 6.07) is 5.89. The van der Waals surface area contributed by atoms with E-state index >= 15 is 0 Å². The second kappa shape index (κ2) is 9.55. The van der Waals surface area contributed by atoms with Crippen LogP contribution in [0.25, 0.3) is 0 Å². The lowest BCUT2D eigenvalue weighted by Crippen LogP contribution is -2.24. The van der Waals surface area contributed by atoms with Crippen molar-refractivity contribution in [2.24, 2.45) is 5.10 Å². The number of nitrogens with zero attached hydrogens (tertiary/aromatic N) is 1. The quantitative estimate of drug-likeness (QED) is 0.393. The topological polar surface area (TPSA) is 89.4 Å². The van der Waals surface area contributed by atoms with Gasteiger partial charge in [-0.15, -0.1) is 0 Å². The van der Waals surface area contributed by atoms with Crippen molar-refractivity contribution in [1.82, 2.24) is 5.43 Å². The van der Waals surface area contributed by atoms with E-state index in [2.05, 4.69) is 10.5 Å². The van der Waals surface area contributed by atoms with Crippen molar-refractivity contribution in [3.63, 3.8) is 0 Å². The highest BCUT2D eigenvalue weighted by molar-refractivity contribution is 6.43. The number of carbonyl (C=O) groups is 1. The highest BCUT2D eigenvalue weighted by atomic mass is 35.5. The Kier molecular flexibility index (Phi) is 7.41. The first-order chi connectivity index (χ1) is 12.8. The Hall–Kier alpha value is -2.35. The second-order valence-corrected chi connectivity index (χ2v) is 6.27. The zero-order chi connectivity index (χ0) is 20.0. The number of carbonyl (C=O) groups excluding carboxylic acids is 1. The van der Waals surface area contributed by atoms with Crippen molar-refractivity contribution in [3.8, 4) is 23.0 Å². The maximum absolute atomic E-state index is 11.8. The molecule has 0 aliphatic heterocycles. The number of hydrazone groups is 1. The van der Waals surface area contributed by atoms with Gasteiger partial charge in [-0.2, -0.15) is 5.10 Å². The molecule has 2 rings (SSSR count). The van der Waals surface area contributed by atoms with E-state index in [4.69, 9.17) is 49.0 Å². The molecule has 0 saturated heterocycles. The van der Waals surface area contributed by atoms with E-state index in [1.807, 2.05) is 0 Å². The Morgan fingerprint density at radius 1 is 1.04 bits per heavy atom. The Labute approximate surface area is 170 Å². The molecular formula is C17H15Cl3N2O5. The van der Waals surface area contributed by atoms with Crippen LogP contribution in [0.5, 0.6) is 23.0 Å². The van der Waals surface area contributed by atoms with Crippen molar-refractivity contribution in [1.29, 1.82) is 0 Å². The highest BCUT2D eigenvalue weighted by Gasteiger charge is 2.11. The van der Waals surface area contributed by atoms with Gasteiger partial charge >= 0.3 is 0 Å². The number of rotatable bonds is 7. The van der Waals surface area contributed by atoms with Gasteiger partial charge in [0.25, 0.3) is 5.91 Å². The predicted molar refractivity (Wildman–Crippen MR) is 104 cm³/mol. The molecule has 10 heteroatoms. The molecule has 27 heavy (non-hydrogen) atoms. The largest absolute Gasteiger partial charge is 0.502 e. The molecule has 0 aromatic heterocycles. The van der Waals surface area contributed by atoms with E-state index in [0.29, 0.717) is 5.56 Å². The molecule has 0 heterocycles. The van der Waals surface area contributed by atoms with Crippen LogP contribution in [0.15, 0.2) is 29.4 Å². The van der Waals surface area contributed by atoms with Gasteiger partial charge in [-0.05, 0) is 18.2 Å². The Morgan fingerprint density at radius 3 is 2.22 bits per heavy atom. The molecule has 0 aliphatic rings. The molecule has 0 radical (unpaired) electrons. The van der Waals surface area contributed by atoms with Crippen LogP contribution in [0.4, 0.5) is 0 Å². The number of phenols is 1. The molecule has 144 valence electrons. The zero-order valence-electron chi connectivity index (χ0n) is 14.3. The predicted octanol–water partition coefficient (Wildman–Crippen LogP) is 3.90. The lowest BCUT2D eigenvalue weighted by atomic mass is 10.2. The number of amides is 1. The van der Waals surface area contributed by atoms with Gasteiger partial charge in [0, 0.05) is 11.6 Å². The molecular weight excluding hydrogens is 419 g/mol. The summed E-state index contributed by atoms with van der Waals surface area (Å²) in [5.41, 5.74) is 2.83. The first-order valence-electron chi connectivity index (χ1n) is 7.40. The van der Waals surface area contributed by atoms with Crippen molar-refractivity contribution in [3.05, 3.63) is 44.9 Å². The molecule has 1 amide bonds. The van der Waals surface area contributed by atoms with Crippen LogP contribution in [-0.4, -0.2) is 38.1 Å². The molecule has 2 N–H and O–H groups in total. The van der Waals surface area contributed by atoms with E-state index in [9.17, 15) is 9.90 Å². The monoisotopic (exact) mass is 432 g/mol. The summed E-state index contributed by atoms with van der Waals surface area (Å²) in [5.74, 6) is -0.0168. The molecule has 0 aliphatic carbocycles. The molecule has 2 aromatic rings. The molecule has 0 unspecified atom stereocenters. The van der Waals surface area contributed by atoms with Crippen LogP contribution in [0.2, 0.25) is 15.1 Å². The summed E-state index contributed by atoms with van der Waals surface area (Å²) < 4.78 is 15.4. The average molecular weight is 434 g/mol. The smallest absolute Gasteiger partial charge is 0.277 e. The van der Waals surface area contributed by atoms with E-state index in [1.165, 1.54) is 44.7 Å². The Bertz CT molecular complexity index is 849. The van der Waals surface area contributed by atoms with Crippen LogP contribution in [-0.2, 0) is 4.79 Å². The van der Waals surface area contributed by atoms with Crippen molar-refractivity contribution in [2.45, 2.75) is 0 Å². The summed E-state index contributed by atoms with van der Waals surface area (Å²) in [5, 5.41) is 14.4. The fourth-order valence-electron chi connectivity index (χ4n) is 1.96. The van der Waals surface area contributed by atoms with Crippen LogP contribution in [0.1, 0.15) is 5.56 Å². The maximum atomic E-state index is 11.8. The standard InChI is InChI=1S/C17H15Cl3N2O5/c1-25-14-3-9(4-15(26-2)17(14)24)7-21-22-16(23)8-27-13-6-11(19)10(18)5-12(13)20/h3-7,24H,8H2,1-2H3,(H,22,23). The maximum Gasteiger partial charge on any atom is 0.277 e. The molecule has 0 bridgehead atoms. The average Bonchev–Trinajstić information content (AvgIpc) is 2.64. The summed E-state index contributed by atoms with van der Waals surface area (Å²) in [4.78, 5) is 11.8. The number of ether oxygens (including phenoxy) is 3. The molecule has 0 atom stereocenters. The van der Waals surface area contributed by atoms with Crippen molar-refractivity contribution in [2.75, 3.05) is 20.8 Å². The van der Waals surface area contributed by atoms with Crippen molar-refractivity contribution >= 4 is 46.9 Å². The van der Waals surface area contributed by atoms with Gasteiger partial charge < -0.3 is 19.3 Å². The minimum Gasteiger partial charge on any atom is -0.502 e. The number of methoxy groups -OCH3 is 2. The van der Waals surface area contributed by atoms with Gasteiger partial charge in [0.2, 0.25) is 5.75 Å². The third-order valence-electron chi connectivity index (χ3n) is 3.24. The van der Waals surface area contributed by atoms with Gasteiger partial charge in [0.1, 0.15) is 5.75 Å². The van der Waals surface area contributed by atoms with E-state index in [1.54, 1.807) is 0 Å². The summed E-state index contributed by atoms with van der Waals surface area (Å²) in [7, 11) is 2.81. The van der Waals surface area contributed by atoms with Gasteiger partial charge in [0.05, 0.1) is 35.5 Å². The number of benzene rings is 2. The van der Waals surface area contributed by atoms with E-state index in [-0.39, 0.29) is 44.7 Å². The minimum atomic E-state index is -0.522. The molecule has 0 saturated carbocycles. The summed E-state index contributed by atoms with van der Waals surface area (Å²) in [6.45, 7) is -0.336. The lowest BCUT2D eigenvalue weighted by molar-refractivity contribution is -0.123. The third-order valence-corrected chi connectivity index (χ3v) is 4.26. The SMILES string of the molecule is COc1cc(C=NNC(=O)COc2cc(Cl)c(Cl)cc2Cl)cc(OC)c1O. The zero-order valence-corrected chi connectivity index (χ0v) is 16.5. The van der Waals surface area contributed by atoms with Gasteiger partial charge in [-0.3, -0.25) is 4.79 Å². The number of hydrogen-bond donors (Lipinski definition) is 2. The number of phenolic OH excluding ortho intramolecular Hbond substituents is 1. The van der Waals surface area contributed by atoms with Crippen LogP contribution in [0, 0.1) is 0 Å². The van der Waals surface area contributed by atoms with Crippen LogP contribution >= 0.6 is 34.8 Å². The molecule has 2 aromatic carbocycles. The lowest BCUT2D eigenvalue weighted by Gasteiger charge is -2.09. The van der Waals surface area contributed by atoms with Gasteiger partial charge in [-0.1, -0.05) is 34.8 Å². The van der Waals surface area contributed by atoms with Gasteiger partial charge in [-0.25, -0.2) is 5.43 Å². The van der Waals surface area contributed by atoms with Gasteiger partial charge in [0.15, 0.2) is 18.1 Å². The van der Waals surface area contributed by atoms with Crippen LogP contribution < -0.4 is 19.6 Å². The first kappa shape index (κ1) is 21.0. The fraction of sp³-hybridized carbons (Fsp3) is 0.176. The molecule has 0 fully saturated rings. The Morgan fingerprint density at radius 2 is 1.63 bits per heavy atom. The normalized spacial score (nSPS) is 10.7. The number of aromatic hydroxyl groups is 1. The first-order valence-corrected chi connectivity index (χ1v) is 8.53. The summed E-state index contributed by atoms with van der Waals surface area (Å²) in [6.07, 6.45) is 1.36. The number of nitrogens with one attached hydrogen (secondary N) is 1. The second-order valence-electron chi connectivity index (χ2n) is 5.05. The van der Waals surface area contributed by atoms with E-state index in [0.717, 1.165) is 0 Å². The highest BCUT2D eigenvalue weighted by Crippen LogP contribution is 2.36. The van der Waals surface area contributed by atoms with Crippen molar-refractivity contribution < 1.29 is 24.1 Å². The molecule has 0 spiro atoms. The fourth-order valence-corrected chi connectivity index (χ4v) is 2.55. The molecule has 7 nitrogen and oxygen atoms in total. The van der Waals surface area contributed by atoms with Crippen LogP contribution in [0.3, 0.4) is 0 Å². The Balaban J connectivity index is 1.97. The number of halogens is 3. The van der Waals surface area contributed by atoms with E-state index < -0.39 is 5.91 Å². The number of hydrogen-bond acceptors (Lipinski definition) is 6. The third kappa shape index (κ3) is 5.56. The summed E-state index contributed by atoms with van der Waals surface area (Å²) >= 11 is 17.7. The minimum absolute atomic E-state index is 0.131.